The van der Waals surface area contributed by atoms with Crippen molar-refractivity contribution in [3.8, 4) is 5.75 Å². The molecule has 1 N–H and O–H groups in total. The highest BCUT2D eigenvalue weighted by Crippen LogP contribution is 2.27. The highest BCUT2D eigenvalue weighted by atomic mass is 16.5. The number of carbonyl (C=O) groups excluding carboxylic acids is 3. The fourth-order valence-corrected chi connectivity index (χ4v) is 3.81. The van der Waals surface area contributed by atoms with E-state index < -0.39 is 0 Å². The lowest BCUT2D eigenvalue weighted by Gasteiger charge is -2.36. The van der Waals surface area contributed by atoms with Crippen LogP contribution in [0.15, 0.2) is 18.2 Å². The molecular formula is C24H38N4O5. The normalized spacial score (nSPS) is 22.2. The van der Waals surface area contributed by atoms with E-state index in [9.17, 15) is 14.4 Å². The topological polar surface area (TPSA) is 91.4 Å². The Labute approximate surface area is 197 Å². The zero-order chi connectivity index (χ0) is 24.7. The van der Waals surface area contributed by atoms with Crippen LogP contribution in [0, 0.1) is 5.92 Å². The molecule has 9 nitrogen and oxygen atoms in total. The third-order valence-corrected chi connectivity index (χ3v) is 5.82. The Morgan fingerprint density at radius 3 is 2.55 bits per heavy atom. The summed E-state index contributed by atoms with van der Waals surface area (Å²) in [6.07, 6.45) is 0.101. The van der Waals surface area contributed by atoms with Gasteiger partial charge >= 0.3 is 0 Å². The van der Waals surface area contributed by atoms with Crippen LogP contribution in [0.25, 0.3) is 0 Å². The van der Waals surface area contributed by atoms with Crippen molar-refractivity contribution in [2.24, 2.45) is 5.92 Å². The van der Waals surface area contributed by atoms with Crippen molar-refractivity contribution in [1.82, 2.24) is 14.7 Å². The van der Waals surface area contributed by atoms with Gasteiger partial charge in [0.25, 0.3) is 5.91 Å². The Balaban J connectivity index is 2.44. The lowest BCUT2D eigenvalue weighted by molar-refractivity contribution is -0.136. The Morgan fingerprint density at radius 1 is 1.24 bits per heavy atom. The monoisotopic (exact) mass is 462 g/mol. The number of nitrogens with one attached hydrogen (secondary N) is 1. The van der Waals surface area contributed by atoms with Gasteiger partial charge in [-0.25, -0.2) is 0 Å². The first-order valence-corrected chi connectivity index (χ1v) is 11.4. The molecule has 1 aromatic carbocycles. The summed E-state index contributed by atoms with van der Waals surface area (Å²) in [5.41, 5.74) is 0.952. The van der Waals surface area contributed by atoms with Gasteiger partial charge in [0.05, 0.1) is 24.3 Å². The van der Waals surface area contributed by atoms with Crippen molar-refractivity contribution in [1.29, 1.82) is 0 Å². The second-order valence-electron chi connectivity index (χ2n) is 8.99. The highest BCUT2D eigenvalue weighted by molar-refractivity contribution is 5.98. The number of carbonyl (C=O) groups is 3. The molecule has 0 saturated carbocycles. The molecule has 1 heterocycles. The first-order chi connectivity index (χ1) is 15.6. The molecule has 3 atom stereocenters. The largest absolute Gasteiger partial charge is 0.491 e. The number of ether oxygens (including phenoxy) is 2. The summed E-state index contributed by atoms with van der Waals surface area (Å²) in [7, 11) is 7.07. The molecule has 1 aromatic rings. The van der Waals surface area contributed by atoms with Gasteiger partial charge in [0.15, 0.2) is 0 Å². The molecule has 0 radical (unpaired) electrons. The summed E-state index contributed by atoms with van der Waals surface area (Å²) in [4.78, 5) is 43.4. The van der Waals surface area contributed by atoms with E-state index in [0.717, 1.165) is 0 Å². The minimum atomic E-state index is -0.243. The van der Waals surface area contributed by atoms with Crippen molar-refractivity contribution in [3.63, 3.8) is 0 Å². The number of hydrogen-bond donors (Lipinski definition) is 1. The fourth-order valence-electron chi connectivity index (χ4n) is 3.81. The second-order valence-corrected chi connectivity index (χ2v) is 8.99. The predicted octanol–water partition coefficient (Wildman–Crippen LogP) is 1.93. The number of methoxy groups -OCH3 is 1. The molecule has 9 heteroatoms. The van der Waals surface area contributed by atoms with Crippen molar-refractivity contribution >= 4 is 23.4 Å². The Kier molecular flexibility index (Phi) is 9.67. The van der Waals surface area contributed by atoms with Crippen molar-refractivity contribution in [3.05, 3.63) is 23.8 Å². The molecule has 2 rings (SSSR count). The van der Waals surface area contributed by atoms with E-state index in [4.69, 9.17) is 9.47 Å². The van der Waals surface area contributed by atoms with Crippen molar-refractivity contribution in [2.45, 2.75) is 39.3 Å². The lowest BCUT2D eigenvalue weighted by Crippen LogP contribution is -2.50. The standard InChI is InChI=1S/C24H38N4O5/c1-8-22(29)25-18-9-10-19-20(11-18)33-15-17(3)28(23(30)14-26(4)5)12-16(2)21(32-7)13-27(6)24(19)31/h9-11,16-17,21H,8,12-15H2,1-7H3,(H,25,29)/t16-,17-,21+/m1/s1. The van der Waals surface area contributed by atoms with Gasteiger partial charge in [-0.1, -0.05) is 13.8 Å². The number of benzene rings is 1. The van der Waals surface area contributed by atoms with Crippen LogP contribution in [-0.2, 0) is 14.3 Å². The van der Waals surface area contributed by atoms with Crippen LogP contribution in [-0.4, -0.2) is 99.1 Å². The maximum absolute atomic E-state index is 13.2. The van der Waals surface area contributed by atoms with Gasteiger partial charge in [-0.2, -0.15) is 0 Å². The summed E-state index contributed by atoms with van der Waals surface area (Å²) in [5, 5.41) is 2.80. The Hall–Kier alpha value is -2.65. The van der Waals surface area contributed by atoms with Crippen molar-refractivity contribution in [2.75, 3.05) is 59.8 Å². The van der Waals surface area contributed by atoms with E-state index in [0.29, 0.717) is 36.5 Å². The molecule has 1 aliphatic rings. The van der Waals surface area contributed by atoms with E-state index in [1.54, 1.807) is 44.2 Å². The number of rotatable bonds is 5. The van der Waals surface area contributed by atoms with E-state index in [1.807, 2.05) is 37.7 Å². The maximum atomic E-state index is 13.2. The second kappa shape index (κ2) is 12.0. The van der Waals surface area contributed by atoms with Gasteiger partial charge in [0.2, 0.25) is 11.8 Å². The van der Waals surface area contributed by atoms with Crippen LogP contribution in [0.1, 0.15) is 37.6 Å². The summed E-state index contributed by atoms with van der Waals surface area (Å²) >= 11 is 0. The van der Waals surface area contributed by atoms with Crippen molar-refractivity contribution < 1.29 is 23.9 Å². The molecule has 184 valence electrons. The van der Waals surface area contributed by atoms with Crippen LogP contribution in [0.3, 0.4) is 0 Å². The number of fused-ring (bicyclic) bond motifs is 1. The zero-order valence-corrected chi connectivity index (χ0v) is 20.9. The quantitative estimate of drug-likeness (QED) is 0.719. The minimum absolute atomic E-state index is 0.00322. The van der Waals surface area contributed by atoms with Crippen LogP contribution >= 0.6 is 0 Å². The Bertz CT molecular complexity index is 844. The van der Waals surface area contributed by atoms with Gasteiger partial charge < -0.3 is 29.5 Å². The van der Waals surface area contributed by atoms with Crippen LogP contribution in [0.2, 0.25) is 0 Å². The highest BCUT2D eigenvalue weighted by Gasteiger charge is 2.30. The van der Waals surface area contributed by atoms with E-state index >= 15 is 0 Å². The molecule has 0 unspecified atom stereocenters. The SMILES string of the molecule is CCC(=O)Nc1ccc2c(c1)OC[C@@H](C)N(C(=O)CN(C)C)C[C@@H](C)[C@@H](OC)CN(C)C2=O. The molecule has 3 amide bonds. The molecule has 0 bridgehead atoms. The number of hydrogen-bond acceptors (Lipinski definition) is 6. The van der Waals surface area contributed by atoms with Gasteiger partial charge in [0.1, 0.15) is 12.4 Å². The first kappa shape index (κ1) is 26.6. The third kappa shape index (κ3) is 7.17. The van der Waals surface area contributed by atoms with Gasteiger partial charge in [0, 0.05) is 51.3 Å². The van der Waals surface area contributed by atoms with Crippen LogP contribution in [0.4, 0.5) is 5.69 Å². The molecule has 33 heavy (non-hydrogen) atoms. The summed E-state index contributed by atoms with van der Waals surface area (Å²) in [6.45, 7) is 7.08. The van der Waals surface area contributed by atoms with E-state index in [1.165, 1.54) is 0 Å². The average molecular weight is 463 g/mol. The van der Waals surface area contributed by atoms with E-state index in [2.05, 4.69) is 5.32 Å². The number of amides is 3. The van der Waals surface area contributed by atoms with Crippen LogP contribution < -0.4 is 10.1 Å². The number of anilines is 1. The summed E-state index contributed by atoms with van der Waals surface area (Å²) < 4.78 is 11.8. The fraction of sp³-hybridized carbons (Fsp3) is 0.625. The molecule has 0 fully saturated rings. The maximum Gasteiger partial charge on any atom is 0.257 e. The summed E-state index contributed by atoms with van der Waals surface area (Å²) in [6, 6.07) is 4.79. The zero-order valence-electron chi connectivity index (χ0n) is 20.9. The molecule has 0 aromatic heterocycles. The number of nitrogens with zero attached hydrogens (tertiary/aromatic N) is 3. The summed E-state index contributed by atoms with van der Waals surface area (Å²) in [5.74, 6) is 0.0571. The minimum Gasteiger partial charge on any atom is -0.491 e. The Morgan fingerprint density at radius 2 is 1.94 bits per heavy atom. The first-order valence-electron chi connectivity index (χ1n) is 11.4. The number of likely N-dealkylation sites (N-methyl/N-ethyl adjacent to an activating group) is 2. The molecular weight excluding hydrogens is 424 g/mol. The third-order valence-electron chi connectivity index (χ3n) is 5.82. The van der Waals surface area contributed by atoms with E-state index in [-0.39, 0.29) is 48.9 Å². The van der Waals surface area contributed by atoms with Gasteiger partial charge in [-0.3, -0.25) is 14.4 Å². The van der Waals surface area contributed by atoms with Crippen LogP contribution in [0.5, 0.6) is 5.75 Å². The molecule has 0 aliphatic carbocycles. The lowest BCUT2D eigenvalue weighted by atomic mass is 10.0. The van der Waals surface area contributed by atoms with Gasteiger partial charge in [-0.05, 0) is 33.2 Å². The smallest absolute Gasteiger partial charge is 0.257 e. The molecule has 0 saturated heterocycles. The molecule has 1 aliphatic heterocycles. The van der Waals surface area contributed by atoms with Gasteiger partial charge in [-0.15, -0.1) is 0 Å². The average Bonchev–Trinajstić information content (AvgIpc) is 2.77. The molecule has 0 spiro atoms. The predicted molar refractivity (Wildman–Crippen MR) is 128 cm³/mol.